The van der Waals surface area contributed by atoms with Crippen LogP contribution in [0.2, 0.25) is 0 Å². The van der Waals surface area contributed by atoms with Gasteiger partial charge in [-0.25, -0.2) is 4.79 Å². The maximum Gasteiger partial charge on any atom is 0.534 e. The molecule has 0 radical (unpaired) electrons. The molecule has 0 aromatic heterocycles. The topological polar surface area (TPSA) is 78.9 Å². The molecule has 1 aliphatic rings. The molecule has 0 aromatic rings. The van der Waals surface area contributed by atoms with Gasteiger partial charge in [0, 0.05) is 0 Å². The van der Waals surface area contributed by atoms with Crippen LogP contribution < -0.4 is 0 Å². The zero-order chi connectivity index (χ0) is 18.2. The van der Waals surface area contributed by atoms with Gasteiger partial charge in [-0.05, 0) is 6.92 Å². The fourth-order valence-corrected chi connectivity index (χ4v) is 2.16. The van der Waals surface area contributed by atoms with E-state index in [1.165, 1.54) is 6.92 Å². The van der Waals surface area contributed by atoms with Gasteiger partial charge in [0.15, 0.2) is 5.76 Å². The molecule has 13 heteroatoms. The molecule has 0 bridgehead atoms. The number of carbonyl (C=O) groups excluding carboxylic acids is 1. The van der Waals surface area contributed by atoms with E-state index in [2.05, 4.69) is 13.7 Å². The standard InChI is InChI=1S/C10H10F6O6S/c1-3-20-8(17)6-5(22-23(18,19)10(14,15)16)4(2)7(21-6)9(11,12)13/h4,7H,3H2,1-2H3. The van der Waals surface area contributed by atoms with Gasteiger partial charge in [0.2, 0.25) is 11.9 Å². The Morgan fingerprint density at radius 2 is 1.74 bits per heavy atom. The third-order valence-electron chi connectivity index (χ3n) is 2.60. The van der Waals surface area contributed by atoms with Crippen LogP contribution in [-0.4, -0.2) is 38.8 Å². The minimum atomic E-state index is -6.28. The van der Waals surface area contributed by atoms with E-state index in [-0.39, 0.29) is 6.61 Å². The molecule has 0 saturated heterocycles. The van der Waals surface area contributed by atoms with Gasteiger partial charge < -0.3 is 13.7 Å². The first-order chi connectivity index (χ1) is 10.2. The second-order valence-corrected chi connectivity index (χ2v) is 5.80. The maximum absolute atomic E-state index is 12.7. The lowest BCUT2D eigenvalue weighted by molar-refractivity contribution is -0.214. The monoisotopic (exact) mass is 372 g/mol. The maximum atomic E-state index is 12.7. The fraction of sp³-hybridized carbons (Fsp3) is 0.700. The third-order valence-corrected chi connectivity index (χ3v) is 3.57. The van der Waals surface area contributed by atoms with Crippen molar-refractivity contribution in [3.05, 3.63) is 11.5 Å². The number of halogens is 6. The summed E-state index contributed by atoms with van der Waals surface area (Å²) < 4.78 is 109. The van der Waals surface area contributed by atoms with Gasteiger partial charge in [-0.15, -0.1) is 0 Å². The number of esters is 1. The molecule has 6 nitrogen and oxygen atoms in total. The SMILES string of the molecule is CCOC(=O)C1=C(OS(=O)(=O)C(F)(F)F)C(C)C(C(F)(F)F)O1. The summed E-state index contributed by atoms with van der Waals surface area (Å²) in [6.07, 6.45) is -7.83. The Labute approximate surface area is 126 Å². The second kappa shape index (κ2) is 6.09. The van der Waals surface area contributed by atoms with Crippen LogP contribution in [-0.2, 0) is 28.6 Å². The summed E-state index contributed by atoms with van der Waals surface area (Å²) in [6.45, 7) is 1.63. The predicted molar refractivity (Wildman–Crippen MR) is 59.8 cm³/mol. The minimum Gasteiger partial charge on any atom is -0.470 e. The van der Waals surface area contributed by atoms with Crippen LogP contribution in [0.5, 0.6) is 0 Å². The summed E-state index contributed by atoms with van der Waals surface area (Å²) in [5.41, 5.74) is -5.89. The number of hydrogen-bond acceptors (Lipinski definition) is 6. The molecule has 1 aliphatic heterocycles. The first kappa shape index (κ1) is 19.4. The van der Waals surface area contributed by atoms with Crippen LogP contribution in [0.25, 0.3) is 0 Å². The summed E-state index contributed by atoms with van der Waals surface area (Å²) in [4.78, 5) is 11.5. The summed E-state index contributed by atoms with van der Waals surface area (Å²) in [5.74, 6) is -6.36. The predicted octanol–water partition coefficient (Wildman–Crippen LogP) is 2.22. The fourth-order valence-electron chi connectivity index (χ4n) is 1.61. The van der Waals surface area contributed by atoms with Gasteiger partial charge in [0.25, 0.3) is 0 Å². The van der Waals surface area contributed by atoms with Crippen molar-refractivity contribution >= 4 is 16.1 Å². The van der Waals surface area contributed by atoms with Crippen molar-refractivity contribution in [3.8, 4) is 0 Å². The highest BCUT2D eigenvalue weighted by molar-refractivity contribution is 7.87. The summed E-state index contributed by atoms with van der Waals surface area (Å²) in [7, 11) is -6.28. The van der Waals surface area contributed by atoms with Crippen LogP contribution in [0.15, 0.2) is 11.5 Å². The highest BCUT2D eigenvalue weighted by Crippen LogP contribution is 2.42. The number of hydrogen-bond donors (Lipinski definition) is 0. The van der Waals surface area contributed by atoms with Crippen LogP contribution in [0, 0.1) is 5.92 Å². The van der Waals surface area contributed by atoms with Crippen molar-refractivity contribution in [2.75, 3.05) is 6.61 Å². The molecular weight excluding hydrogens is 362 g/mol. The van der Waals surface area contributed by atoms with E-state index in [0.717, 1.165) is 0 Å². The van der Waals surface area contributed by atoms with Crippen molar-refractivity contribution < 1.29 is 53.2 Å². The number of ether oxygens (including phenoxy) is 2. The van der Waals surface area contributed by atoms with E-state index in [9.17, 15) is 39.6 Å². The lowest BCUT2D eigenvalue weighted by atomic mass is 10.0. The van der Waals surface area contributed by atoms with E-state index in [1.54, 1.807) is 0 Å². The molecule has 0 aliphatic carbocycles. The summed E-state index contributed by atoms with van der Waals surface area (Å²) >= 11 is 0. The van der Waals surface area contributed by atoms with E-state index in [4.69, 9.17) is 0 Å². The largest absolute Gasteiger partial charge is 0.534 e. The third kappa shape index (κ3) is 4.00. The zero-order valence-corrected chi connectivity index (χ0v) is 12.3. The van der Waals surface area contributed by atoms with Gasteiger partial charge in [-0.3, -0.25) is 0 Å². The molecule has 0 spiro atoms. The Kier molecular flexibility index (Phi) is 5.13. The number of rotatable bonds is 4. The van der Waals surface area contributed by atoms with Gasteiger partial charge in [0.05, 0.1) is 12.5 Å². The Hall–Kier alpha value is -1.66. The van der Waals surface area contributed by atoms with Crippen molar-refractivity contribution in [1.82, 2.24) is 0 Å². The van der Waals surface area contributed by atoms with E-state index >= 15 is 0 Å². The van der Waals surface area contributed by atoms with Crippen molar-refractivity contribution in [3.63, 3.8) is 0 Å². The molecule has 0 fully saturated rings. The van der Waals surface area contributed by atoms with Gasteiger partial charge in [-0.2, -0.15) is 34.8 Å². The average Bonchev–Trinajstić information content (AvgIpc) is 2.65. The van der Waals surface area contributed by atoms with Gasteiger partial charge in [0.1, 0.15) is 0 Å². The molecule has 2 unspecified atom stereocenters. The molecule has 0 N–H and O–H groups in total. The highest BCUT2D eigenvalue weighted by Gasteiger charge is 2.57. The Morgan fingerprint density at radius 1 is 1.22 bits per heavy atom. The Bertz CT molecular complexity index is 604. The molecule has 0 saturated carbocycles. The Balaban J connectivity index is 3.29. The molecule has 0 amide bonds. The van der Waals surface area contributed by atoms with Crippen LogP contribution >= 0.6 is 0 Å². The molecule has 1 rings (SSSR count). The first-order valence-corrected chi connectivity index (χ1v) is 7.28. The Morgan fingerprint density at radius 3 is 2.13 bits per heavy atom. The van der Waals surface area contributed by atoms with Crippen LogP contribution in [0.1, 0.15) is 13.8 Å². The molecule has 0 aromatic carbocycles. The summed E-state index contributed by atoms with van der Waals surface area (Å²) in [6, 6.07) is 0. The minimum absolute atomic E-state index is 0.337. The molecule has 1 heterocycles. The summed E-state index contributed by atoms with van der Waals surface area (Å²) in [5, 5.41) is 0. The second-order valence-electron chi connectivity index (χ2n) is 4.27. The highest BCUT2D eigenvalue weighted by atomic mass is 32.2. The number of carbonyl (C=O) groups is 1. The lowest BCUT2D eigenvalue weighted by Crippen LogP contribution is -2.35. The van der Waals surface area contributed by atoms with E-state index < -0.39 is 51.3 Å². The molecular formula is C10H10F6O6S. The van der Waals surface area contributed by atoms with Crippen molar-refractivity contribution in [1.29, 1.82) is 0 Å². The quantitative estimate of drug-likeness (QED) is 0.326. The normalized spacial score (nSPS) is 22.8. The zero-order valence-electron chi connectivity index (χ0n) is 11.5. The smallest absolute Gasteiger partial charge is 0.470 e. The molecule has 23 heavy (non-hydrogen) atoms. The van der Waals surface area contributed by atoms with Crippen LogP contribution in [0.3, 0.4) is 0 Å². The number of alkyl halides is 6. The van der Waals surface area contributed by atoms with Crippen molar-refractivity contribution in [2.45, 2.75) is 31.6 Å². The average molecular weight is 372 g/mol. The van der Waals surface area contributed by atoms with E-state index in [1.807, 2.05) is 0 Å². The van der Waals surface area contributed by atoms with Gasteiger partial charge in [-0.1, -0.05) is 6.92 Å². The van der Waals surface area contributed by atoms with Crippen LogP contribution in [0.4, 0.5) is 26.3 Å². The van der Waals surface area contributed by atoms with Gasteiger partial charge >= 0.3 is 27.8 Å². The van der Waals surface area contributed by atoms with Crippen molar-refractivity contribution in [2.24, 2.45) is 5.92 Å². The molecule has 134 valence electrons. The van der Waals surface area contributed by atoms with E-state index in [0.29, 0.717) is 6.92 Å². The first-order valence-electron chi connectivity index (χ1n) is 5.87. The lowest BCUT2D eigenvalue weighted by Gasteiger charge is -2.19. The molecule has 2 atom stereocenters.